The smallest absolute Gasteiger partial charge is 0.263 e. The number of hydrogen-bond acceptors (Lipinski definition) is 4. The molecule has 0 aliphatic carbocycles. The van der Waals surface area contributed by atoms with Crippen LogP contribution >= 0.6 is 11.3 Å². The molecule has 1 saturated heterocycles. The molecule has 1 N–H and O–H groups in total. The summed E-state index contributed by atoms with van der Waals surface area (Å²) in [5, 5.41) is 2.88. The summed E-state index contributed by atoms with van der Waals surface area (Å²) in [6.07, 6.45) is 1.90. The third-order valence-electron chi connectivity index (χ3n) is 4.87. The molecule has 5 nitrogen and oxygen atoms in total. The number of benzene rings is 1. The number of likely N-dealkylation sites (tertiary alicyclic amines) is 1. The zero-order chi connectivity index (χ0) is 20.1. The molecule has 0 bridgehead atoms. The third kappa shape index (κ3) is 5.35. The number of carbonyl (C=O) groups is 2. The fourth-order valence-electron chi connectivity index (χ4n) is 3.27. The molecule has 28 heavy (non-hydrogen) atoms. The lowest BCUT2D eigenvalue weighted by Gasteiger charge is -2.31. The van der Waals surface area contributed by atoms with Crippen molar-refractivity contribution >= 4 is 23.2 Å². The van der Waals surface area contributed by atoms with Crippen LogP contribution in [0.3, 0.4) is 0 Å². The normalized spacial score (nSPS) is 14.9. The van der Waals surface area contributed by atoms with E-state index in [4.69, 9.17) is 4.74 Å². The van der Waals surface area contributed by atoms with Gasteiger partial charge in [0.15, 0.2) is 0 Å². The number of rotatable bonds is 6. The Labute approximate surface area is 170 Å². The number of ether oxygens (including phenoxy) is 1. The van der Waals surface area contributed by atoms with E-state index >= 15 is 0 Å². The van der Waals surface area contributed by atoms with Crippen LogP contribution in [0.4, 0.5) is 0 Å². The van der Waals surface area contributed by atoms with Gasteiger partial charge in [-0.15, -0.1) is 11.3 Å². The average molecular weight is 401 g/mol. The van der Waals surface area contributed by atoms with Crippen LogP contribution in [-0.2, 0) is 0 Å². The highest BCUT2D eigenvalue weighted by atomic mass is 32.1. The molecule has 0 unspecified atom stereocenters. The Morgan fingerprint density at radius 1 is 1.14 bits per heavy atom. The second-order valence-corrected chi connectivity index (χ2v) is 8.90. The Kier molecular flexibility index (Phi) is 6.73. The van der Waals surface area contributed by atoms with Crippen LogP contribution in [0.15, 0.2) is 36.4 Å². The first-order valence-electron chi connectivity index (χ1n) is 9.82. The van der Waals surface area contributed by atoms with Crippen LogP contribution in [-0.4, -0.2) is 42.5 Å². The van der Waals surface area contributed by atoms with Crippen molar-refractivity contribution in [2.75, 3.05) is 19.7 Å². The molecule has 6 heteroatoms. The van der Waals surface area contributed by atoms with E-state index in [9.17, 15) is 9.59 Å². The van der Waals surface area contributed by atoms with Crippen molar-refractivity contribution in [3.05, 3.63) is 51.7 Å². The zero-order valence-electron chi connectivity index (χ0n) is 16.7. The maximum absolute atomic E-state index is 12.5. The molecule has 1 aromatic heterocycles. The van der Waals surface area contributed by atoms with Gasteiger partial charge in [0.25, 0.3) is 11.8 Å². The highest BCUT2D eigenvalue weighted by Crippen LogP contribution is 2.23. The number of aryl methyl sites for hydroxylation is 1. The fraction of sp³-hybridized carbons (Fsp3) is 0.455. The number of nitrogens with zero attached hydrogens (tertiary/aromatic N) is 1. The number of nitrogens with one attached hydrogen (secondary N) is 1. The molecule has 0 radical (unpaired) electrons. The number of carbonyl (C=O) groups excluding carboxylic acids is 2. The van der Waals surface area contributed by atoms with Crippen LogP contribution in [0.25, 0.3) is 0 Å². The molecule has 2 aromatic rings. The monoisotopic (exact) mass is 400 g/mol. The number of hydrogen-bond donors (Lipinski definition) is 1. The van der Waals surface area contributed by atoms with E-state index in [1.807, 2.05) is 49.9 Å². The Bertz CT molecular complexity index is 805. The quantitative estimate of drug-likeness (QED) is 0.793. The predicted molar refractivity (Wildman–Crippen MR) is 112 cm³/mol. The molecule has 0 saturated carbocycles. The minimum Gasteiger partial charge on any atom is -0.493 e. The van der Waals surface area contributed by atoms with E-state index in [2.05, 4.69) is 5.32 Å². The van der Waals surface area contributed by atoms with E-state index in [1.54, 1.807) is 23.5 Å². The van der Waals surface area contributed by atoms with E-state index in [1.165, 1.54) is 4.88 Å². The van der Waals surface area contributed by atoms with Gasteiger partial charge in [0, 0.05) is 29.6 Å². The number of piperidine rings is 1. The molecule has 0 spiro atoms. The first-order valence-corrected chi connectivity index (χ1v) is 10.6. The van der Waals surface area contributed by atoms with Crippen LogP contribution in [0.1, 0.15) is 51.6 Å². The van der Waals surface area contributed by atoms with Gasteiger partial charge in [0.1, 0.15) is 5.75 Å². The third-order valence-corrected chi connectivity index (χ3v) is 5.86. The van der Waals surface area contributed by atoms with Crippen LogP contribution in [0.2, 0.25) is 0 Å². The highest BCUT2D eigenvalue weighted by Gasteiger charge is 2.24. The fourth-order valence-corrected chi connectivity index (χ4v) is 4.11. The average Bonchev–Trinajstić information content (AvgIpc) is 3.12. The minimum absolute atomic E-state index is 0.0699. The summed E-state index contributed by atoms with van der Waals surface area (Å²) in [6.45, 7) is 8.09. The summed E-state index contributed by atoms with van der Waals surface area (Å²) in [5.74, 6) is 1.29. The van der Waals surface area contributed by atoms with E-state index in [-0.39, 0.29) is 17.9 Å². The highest BCUT2D eigenvalue weighted by molar-refractivity contribution is 7.13. The molecule has 2 heterocycles. The van der Waals surface area contributed by atoms with Gasteiger partial charge in [-0.05, 0) is 75.9 Å². The molecule has 0 atom stereocenters. The Balaban J connectivity index is 1.44. The summed E-state index contributed by atoms with van der Waals surface area (Å²) >= 11 is 1.56. The zero-order valence-corrected chi connectivity index (χ0v) is 17.6. The molecule has 150 valence electrons. The van der Waals surface area contributed by atoms with E-state index < -0.39 is 0 Å². The van der Waals surface area contributed by atoms with Crippen molar-refractivity contribution in [1.82, 2.24) is 10.2 Å². The van der Waals surface area contributed by atoms with Gasteiger partial charge in [-0.2, -0.15) is 0 Å². The first kappa shape index (κ1) is 20.4. The molecule has 1 fully saturated rings. The Morgan fingerprint density at radius 2 is 1.82 bits per heavy atom. The Hall–Kier alpha value is -2.34. The summed E-state index contributed by atoms with van der Waals surface area (Å²) < 4.78 is 5.91. The molecule has 3 rings (SSSR count). The van der Waals surface area contributed by atoms with Crippen molar-refractivity contribution in [2.45, 2.75) is 39.7 Å². The van der Waals surface area contributed by atoms with Crippen LogP contribution in [0, 0.1) is 12.8 Å². The molecular weight excluding hydrogens is 372 g/mol. The van der Waals surface area contributed by atoms with Crippen molar-refractivity contribution < 1.29 is 14.3 Å². The van der Waals surface area contributed by atoms with Crippen molar-refractivity contribution in [3.63, 3.8) is 0 Å². The summed E-state index contributed by atoms with van der Waals surface area (Å²) in [7, 11) is 0. The van der Waals surface area contributed by atoms with E-state index in [0.717, 1.165) is 36.6 Å². The van der Waals surface area contributed by atoms with Gasteiger partial charge in [0.05, 0.1) is 11.5 Å². The number of thiophene rings is 1. The summed E-state index contributed by atoms with van der Waals surface area (Å²) in [6, 6.07) is 11.3. The molecule has 2 amide bonds. The molecular formula is C22H28N2O3S. The maximum atomic E-state index is 12.5. The van der Waals surface area contributed by atoms with Crippen LogP contribution < -0.4 is 10.1 Å². The lowest BCUT2D eigenvalue weighted by atomic mass is 9.97. The molecule has 1 aromatic carbocycles. The van der Waals surface area contributed by atoms with Gasteiger partial charge in [-0.1, -0.05) is 0 Å². The molecule has 1 aliphatic heterocycles. The Morgan fingerprint density at radius 3 is 2.39 bits per heavy atom. The van der Waals surface area contributed by atoms with Gasteiger partial charge >= 0.3 is 0 Å². The van der Waals surface area contributed by atoms with Gasteiger partial charge in [0.2, 0.25) is 0 Å². The lowest BCUT2D eigenvalue weighted by Crippen LogP contribution is -2.39. The van der Waals surface area contributed by atoms with Crippen molar-refractivity contribution in [1.29, 1.82) is 0 Å². The second kappa shape index (κ2) is 9.24. The van der Waals surface area contributed by atoms with Crippen LogP contribution in [0.5, 0.6) is 5.75 Å². The van der Waals surface area contributed by atoms with Crippen molar-refractivity contribution in [3.8, 4) is 5.75 Å². The largest absolute Gasteiger partial charge is 0.493 e. The topological polar surface area (TPSA) is 58.6 Å². The van der Waals surface area contributed by atoms with Gasteiger partial charge in [-0.3, -0.25) is 9.59 Å². The number of amides is 2. The van der Waals surface area contributed by atoms with Crippen molar-refractivity contribution in [2.24, 2.45) is 5.92 Å². The maximum Gasteiger partial charge on any atom is 0.263 e. The lowest BCUT2D eigenvalue weighted by molar-refractivity contribution is 0.0665. The standard InChI is InChI=1S/C22H28N2O3S/c1-15(2)23-21(25)18-5-7-19(8-6-18)27-14-17-10-12-24(13-11-17)22(26)20-9-4-16(3)28-20/h4-9,15,17H,10-14H2,1-3H3,(H,23,25). The minimum atomic E-state index is -0.0699. The molecule has 1 aliphatic rings. The van der Waals surface area contributed by atoms with E-state index in [0.29, 0.717) is 18.1 Å². The summed E-state index contributed by atoms with van der Waals surface area (Å²) in [5.41, 5.74) is 0.636. The predicted octanol–water partition coefficient (Wildman–Crippen LogP) is 4.13. The van der Waals surface area contributed by atoms with Gasteiger partial charge in [-0.25, -0.2) is 0 Å². The summed E-state index contributed by atoms with van der Waals surface area (Å²) in [4.78, 5) is 28.4. The van der Waals surface area contributed by atoms with Gasteiger partial charge < -0.3 is 15.0 Å². The second-order valence-electron chi connectivity index (χ2n) is 7.61. The SMILES string of the molecule is Cc1ccc(C(=O)N2CCC(COc3ccc(C(=O)NC(C)C)cc3)CC2)s1. The first-order chi connectivity index (χ1) is 13.4.